The average Bonchev–Trinajstić information content (AvgIpc) is 1.85. The Morgan fingerprint density at radius 2 is 2.09 bits per heavy atom. The second-order valence-corrected chi connectivity index (χ2v) is 3.11. The van der Waals surface area contributed by atoms with Crippen molar-refractivity contribution in [2.75, 3.05) is 0 Å². The molecule has 1 atom stereocenters. The zero-order chi connectivity index (χ0) is 8.43. The molecule has 0 bridgehead atoms. The number of aryl methyl sites for hydroxylation is 1. The number of aliphatic hydroxyl groups excluding tert-OH is 1. The molecule has 1 aromatic rings. The summed E-state index contributed by atoms with van der Waals surface area (Å²) in [6.07, 6.45) is -0.410. The van der Waals surface area contributed by atoms with Gasteiger partial charge in [0.15, 0.2) is 0 Å². The fourth-order valence-electron chi connectivity index (χ4n) is 1.11. The minimum atomic E-state index is -0.410. The Kier molecular flexibility index (Phi) is 2.53. The molecular formula is C9H11ClO. The largest absolute Gasteiger partial charge is 0.389 e. The third-order valence-corrected chi connectivity index (χ3v) is 1.92. The van der Waals surface area contributed by atoms with Gasteiger partial charge in [0.1, 0.15) is 0 Å². The van der Waals surface area contributed by atoms with Gasteiger partial charge in [0.2, 0.25) is 0 Å². The lowest BCUT2D eigenvalue weighted by atomic mass is 10.1. The van der Waals surface area contributed by atoms with Crippen LogP contribution in [0, 0.1) is 6.92 Å². The minimum Gasteiger partial charge on any atom is -0.389 e. The van der Waals surface area contributed by atoms with E-state index in [2.05, 4.69) is 0 Å². The number of rotatable bonds is 1. The van der Waals surface area contributed by atoms with Crippen LogP contribution < -0.4 is 0 Å². The summed E-state index contributed by atoms with van der Waals surface area (Å²) in [4.78, 5) is 0. The fraction of sp³-hybridized carbons (Fsp3) is 0.333. The van der Waals surface area contributed by atoms with E-state index in [-0.39, 0.29) is 0 Å². The Bertz CT molecular complexity index is 256. The van der Waals surface area contributed by atoms with Crippen molar-refractivity contribution >= 4 is 11.6 Å². The van der Waals surface area contributed by atoms with E-state index in [0.717, 1.165) is 11.1 Å². The molecule has 0 spiro atoms. The molecule has 0 heterocycles. The first-order valence-corrected chi connectivity index (χ1v) is 3.93. The zero-order valence-corrected chi connectivity index (χ0v) is 7.39. The number of hydrogen-bond acceptors (Lipinski definition) is 1. The summed E-state index contributed by atoms with van der Waals surface area (Å²) >= 11 is 5.74. The molecule has 1 rings (SSSR count). The molecule has 0 aliphatic carbocycles. The van der Waals surface area contributed by atoms with Crippen molar-refractivity contribution in [2.45, 2.75) is 20.0 Å². The highest BCUT2D eigenvalue weighted by atomic mass is 35.5. The molecule has 11 heavy (non-hydrogen) atoms. The van der Waals surface area contributed by atoms with Gasteiger partial charge in [0.25, 0.3) is 0 Å². The second-order valence-electron chi connectivity index (χ2n) is 2.68. The first-order chi connectivity index (χ1) is 5.11. The highest BCUT2D eigenvalue weighted by molar-refractivity contribution is 6.30. The van der Waals surface area contributed by atoms with Gasteiger partial charge in [-0.25, -0.2) is 0 Å². The molecule has 0 radical (unpaired) electrons. The van der Waals surface area contributed by atoms with Crippen molar-refractivity contribution in [1.82, 2.24) is 0 Å². The first-order valence-electron chi connectivity index (χ1n) is 3.55. The number of benzene rings is 1. The van der Waals surface area contributed by atoms with Gasteiger partial charge in [0.05, 0.1) is 6.10 Å². The van der Waals surface area contributed by atoms with Crippen LogP contribution in [0.15, 0.2) is 18.2 Å². The van der Waals surface area contributed by atoms with E-state index in [1.807, 2.05) is 19.1 Å². The van der Waals surface area contributed by atoms with E-state index < -0.39 is 6.10 Å². The molecule has 60 valence electrons. The average molecular weight is 171 g/mol. The lowest BCUT2D eigenvalue weighted by Gasteiger charge is -2.07. The highest BCUT2D eigenvalue weighted by Gasteiger charge is 2.03. The highest BCUT2D eigenvalue weighted by Crippen LogP contribution is 2.20. The Hall–Kier alpha value is -0.530. The van der Waals surface area contributed by atoms with Crippen LogP contribution in [0.4, 0.5) is 0 Å². The predicted octanol–water partition coefficient (Wildman–Crippen LogP) is 2.70. The lowest BCUT2D eigenvalue weighted by molar-refractivity contribution is 0.198. The third-order valence-electron chi connectivity index (χ3n) is 1.68. The molecule has 2 heteroatoms. The van der Waals surface area contributed by atoms with Crippen molar-refractivity contribution < 1.29 is 5.11 Å². The van der Waals surface area contributed by atoms with Gasteiger partial charge < -0.3 is 5.11 Å². The van der Waals surface area contributed by atoms with Crippen LogP contribution in [0.2, 0.25) is 5.02 Å². The lowest BCUT2D eigenvalue weighted by Crippen LogP contribution is -1.93. The summed E-state index contributed by atoms with van der Waals surface area (Å²) in [7, 11) is 0. The summed E-state index contributed by atoms with van der Waals surface area (Å²) in [6, 6.07) is 5.49. The van der Waals surface area contributed by atoms with Gasteiger partial charge in [-0.05, 0) is 37.1 Å². The summed E-state index contributed by atoms with van der Waals surface area (Å²) < 4.78 is 0. The van der Waals surface area contributed by atoms with Crippen LogP contribution in [0.5, 0.6) is 0 Å². The van der Waals surface area contributed by atoms with E-state index >= 15 is 0 Å². The molecule has 1 N–H and O–H groups in total. The smallest absolute Gasteiger partial charge is 0.0764 e. The monoisotopic (exact) mass is 170 g/mol. The molecule has 0 aromatic heterocycles. The zero-order valence-electron chi connectivity index (χ0n) is 6.63. The van der Waals surface area contributed by atoms with Gasteiger partial charge in [-0.3, -0.25) is 0 Å². The fourth-order valence-corrected chi connectivity index (χ4v) is 1.33. The minimum absolute atomic E-state index is 0.410. The van der Waals surface area contributed by atoms with Crippen molar-refractivity contribution in [1.29, 1.82) is 0 Å². The molecule has 0 aliphatic heterocycles. The van der Waals surface area contributed by atoms with Gasteiger partial charge >= 0.3 is 0 Å². The number of hydrogen-bond donors (Lipinski definition) is 1. The molecule has 0 saturated heterocycles. The summed E-state index contributed by atoms with van der Waals surface area (Å²) in [5, 5.41) is 9.97. The maximum atomic E-state index is 9.25. The molecule has 1 nitrogen and oxygen atoms in total. The molecule has 0 amide bonds. The van der Waals surface area contributed by atoms with E-state index in [1.165, 1.54) is 0 Å². The van der Waals surface area contributed by atoms with Gasteiger partial charge in [-0.15, -0.1) is 0 Å². The summed E-state index contributed by atoms with van der Waals surface area (Å²) in [5.41, 5.74) is 1.97. The maximum Gasteiger partial charge on any atom is 0.0764 e. The SMILES string of the molecule is Cc1cc(Cl)ccc1[C@H](C)O. The van der Waals surface area contributed by atoms with Crippen molar-refractivity contribution in [3.63, 3.8) is 0 Å². The normalized spacial score (nSPS) is 13.1. The van der Waals surface area contributed by atoms with Crippen molar-refractivity contribution in [3.8, 4) is 0 Å². The van der Waals surface area contributed by atoms with E-state index in [0.29, 0.717) is 5.02 Å². The molecule has 0 unspecified atom stereocenters. The molecule has 0 fully saturated rings. The predicted molar refractivity (Wildman–Crippen MR) is 46.8 cm³/mol. The van der Waals surface area contributed by atoms with Crippen molar-refractivity contribution in [2.24, 2.45) is 0 Å². The maximum absolute atomic E-state index is 9.25. The first kappa shape index (κ1) is 8.57. The van der Waals surface area contributed by atoms with E-state index in [9.17, 15) is 5.11 Å². The quantitative estimate of drug-likeness (QED) is 0.687. The molecule has 0 aliphatic rings. The van der Waals surface area contributed by atoms with E-state index in [4.69, 9.17) is 11.6 Å². The van der Waals surface area contributed by atoms with E-state index in [1.54, 1.807) is 13.0 Å². The summed E-state index contributed by atoms with van der Waals surface area (Å²) in [5.74, 6) is 0. The Labute approximate surface area is 71.6 Å². The molecular weight excluding hydrogens is 160 g/mol. The van der Waals surface area contributed by atoms with Crippen molar-refractivity contribution in [3.05, 3.63) is 34.3 Å². The Morgan fingerprint density at radius 1 is 1.45 bits per heavy atom. The molecule has 1 aromatic carbocycles. The summed E-state index contributed by atoms with van der Waals surface area (Å²) in [6.45, 7) is 3.68. The van der Waals surface area contributed by atoms with Gasteiger partial charge in [0, 0.05) is 5.02 Å². The van der Waals surface area contributed by atoms with Crippen LogP contribution in [0.25, 0.3) is 0 Å². The Morgan fingerprint density at radius 3 is 2.55 bits per heavy atom. The Balaban J connectivity index is 3.09. The van der Waals surface area contributed by atoms with Crippen LogP contribution >= 0.6 is 11.6 Å². The van der Waals surface area contributed by atoms with Crippen LogP contribution in [0.3, 0.4) is 0 Å². The van der Waals surface area contributed by atoms with Crippen LogP contribution in [0.1, 0.15) is 24.2 Å². The van der Waals surface area contributed by atoms with Gasteiger partial charge in [-0.1, -0.05) is 17.7 Å². The third kappa shape index (κ3) is 1.95. The standard InChI is InChI=1S/C9H11ClO/c1-6-5-8(10)3-4-9(6)7(2)11/h3-5,7,11H,1-2H3/t7-/m0/s1. The number of aliphatic hydroxyl groups is 1. The van der Waals surface area contributed by atoms with Crippen LogP contribution in [-0.4, -0.2) is 5.11 Å². The van der Waals surface area contributed by atoms with Gasteiger partial charge in [-0.2, -0.15) is 0 Å². The van der Waals surface area contributed by atoms with Crippen LogP contribution in [-0.2, 0) is 0 Å². The second kappa shape index (κ2) is 3.24. The number of halogens is 1. The molecule has 0 saturated carbocycles. The topological polar surface area (TPSA) is 20.2 Å².